The number of carbonyl (C=O) groups excluding carboxylic acids is 2. The molecule has 1 N–H and O–H groups in total. The van der Waals surface area contributed by atoms with Crippen LogP contribution in [0.1, 0.15) is 43.0 Å². The van der Waals surface area contributed by atoms with Crippen molar-refractivity contribution in [3.63, 3.8) is 0 Å². The van der Waals surface area contributed by atoms with Gasteiger partial charge < -0.3 is 19.5 Å². The molecule has 3 rings (SSSR count). The largest absolute Gasteiger partial charge is 0.454 e. The number of fused-ring (bicyclic) bond motifs is 1. The molecule has 1 fully saturated rings. The van der Waals surface area contributed by atoms with Gasteiger partial charge in [0.1, 0.15) is 5.56 Å². The smallest absolute Gasteiger partial charge is 0.346 e. The van der Waals surface area contributed by atoms with E-state index in [2.05, 4.69) is 5.32 Å². The molecule has 1 amide bonds. The normalized spacial score (nSPS) is 17.2. The standard InChI is InChI=1S/C16H18N2O7/c1-9(15(19)17-10-4-2-3-5-10)25-16(20)11-6-13-14(24-8-23-13)7-12(11)18(21)22/h6-7,9-10H,2-5,8H2,1H3,(H,17,19)/t9-/m0/s1. The predicted molar refractivity (Wildman–Crippen MR) is 84.5 cm³/mol. The molecule has 0 bridgehead atoms. The second kappa shape index (κ2) is 6.96. The molecule has 1 saturated carbocycles. The third-order valence-corrected chi connectivity index (χ3v) is 4.26. The molecule has 0 aromatic heterocycles. The number of benzene rings is 1. The minimum atomic E-state index is -1.06. The lowest BCUT2D eigenvalue weighted by molar-refractivity contribution is -0.385. The van der Waals surface area contributed by atoms with Crippen LogP contribution in [0.3, 0.4) is 0 Å². The summed E-state index contributed by atoms with van der Waals surface area (Å²) >= 11 is 0. The van der Waals surface area contributed by atoms with Gasteiger partial charge in [-0.05, 0) is 19.8 Å². The predicted octanol–water partition coefficient (Wildman–Crippen LogP) is 1.93. The number of nitro benzene ring substituents is 1. The maximum Gasteiger partial charge on any atom is 0.346 e. The number of rotatable bonds is 5. The van der Waals surface area contributed by atoms with Crippen LogP contribution in [0.2, 0.25) is 0 Å². The molecule has 1 aromatic rings. The number of esters is 1. The second-order valence-electron chi connectivity index (χ2n) is 6.02. The fourth-order valence-electron chi connectivity index (χ4n) is 2.91. The molecule has 9 nitrogen and oxygen atoms in total. The summed E-state index contributed by atoms with van der Waals surface area (Å²) < 4.78 is 15.3. The van der Waals surface area contributed by atoms with Crippen molar-refractivity contribution in [2.45, 2.75) is 44.8 Å². The van der Waals surface area contributed by atoms with Crippen molar-refractivity contribution in [3.8, 4) is 11.5 Å². The van der Waals surface area contributed by atoms with Gasteiger partial charge in [-0.25, -0.2) is 4.79 Å². The molecular formula is C16H18N2O7. The molecule has 2 aliphatic rings. The van der Waals surface area contributed by atoms with E-state index in [0.717, 1.165) is 31.7 Å². The number of nitrogens with zero attached hydrogens (tertiary/aromatic N) is 1. The van der Waals surface area contributed by atoms with Gasteiger partial charge in [0.15, 0.2) is 17.6 Å². The van der Waals surface area contributed by atoms with E-state index < -0.39 is 28.6 Å². The van der Waals surface area contributed by atoms with Crippen molar-refractivity contribution in [2.75, 3.05) is 6.79 Å². The van der Waals surface area contributed by atoms with Gasteiger partial charge in [0.05, 0.1) is 11.0 Å². The first-order valence-electron chi connectivity index (χ1n) is 8.05. The van der Waals surface area contributed by atoms with Crippen LogP contribution >= 0.6 is 0 Å². The van der Waals surface area contributed by atoms with Crippen molar-refractivity contribution in [1.29, 1.82) is 0 Å². The van der Waals surface area contributed by atoms with Gasteiger partial charge in [-0.15, -0.1) is 0 Å². The second-order valence-corrected chi connectivity index (χ2v) is 6.02. The van der Waals surface area contributed by atoms with E-state index in [0.29, 0.717) is 0 Å². The van der Waals surface area contributed by atoms with E-state index in [1.54, 1.807) is 0 Å². The van der Waals surface area contributed by atoms with Gasteiger partial charge >= 0.3 is 5.97 Å². The van der Waals surface area contributed by atoms with E-state index in [9.17, 15) is 19.7 Å². The lowest BCUT2D eigenvalue weighted by Crippen LogP contribution is -2.40. The molecule has 0 radical (unpaired) electrons. The minimum Gasteiger partial charge on any atom is -0.454 e. The van der Waals surface area contributed by atoms with E-state index in [-0.39, 0.29) is 29.9 Å². The van der Waals surface area contributed by atoms with Crippen LogP contribution in [0, 0.1) is 10.1 Å². The Labute approximate surface area is 143 Å². The zero-order chi connectivity index (χ0) is 18.0. The summed E-state index contributed by atoms with van der Waals surface area (Å²) in [6, 6.07) is 2.40. The number of nitro groups is 1. The number of amides is 1. The summed E-state index contributed by atoms with van der Waals surface area (Å²) in [6.07, 6.45) is 2.86. The molecular weight excluding hydrogens is 332 g/mol. The van der Waals surface area contributed by atoms with Crippen molar-refractivity contribution in [1.82, 2.24) is 5.32 Å². The summed E-state index contributed by atoms with van der Waals surface area (Å²) in [5.74, 6) is -0.960. The minimum absolute atomic E-state index is 0.0782. The fraction of sp³-hybridized carbons (Fsp3) is 0.500. The molecule has 1 atom stereocenters. The number of hydrogen-bond acceptors (Lipinski definition) is 7. The number of nitrogens with one attached hydrogen (secondary N) is 1. The Kier molecular flexibility index (Phi) is 4.73. The number of hydrogen-bond donors (Lipinski definition) is 1. The zero-order valence-electron chi connectivity index (χ0n) is 13.6. The maximum atomic E-state index is 12.3. The van der Waals surface area contributed by atoms with Gasteiger partial charge in [0.2, 0.25) is 6.79 Å². The Bertz CT molecular complexity index is 713. The number of carbonyl (C=O) groups is 2. The Morgan fingerprint density at radius 2 is 1.92 bits per heavy atom. The monoisotopic (exact) mass is 350 g/mol. The Morgan fingerprint density at radius 1 is 1.28 bits per heavy atom. The van der Waals surface area contributed by atoms with Crippen molar-refractivity contribution >= 4 is 17.6 Å². The molecule has 0 spiro atoms. The lowest BCUT2D eigenvalue weighted by Gasteiger charge is -2.17. The average Bonchev–Trinajstić information content (AvgIpc) is 3.23. The zero-order valence-corrected chi connectivity index (χ0v) is 13.6. The molecule has 0 saturated heterocycles. The molecule has 25 heavy (non-hydrogen) atoms. The number of ether oxygens (including phenoxy) is 3. The highest BCUT2D eigenvalue weighted by molar-refractivity contribution is 5.96. The fourth-order valence-corrected chi connectivity index (χ4v) is 2.91. The Balaban J connectivity index is 1.72. The highest BCUT2D eigenvalue weighted by atomic mass is 16.7. The van der Waals surface area contributed by atoms with Gasteiger partial charge in [-0.3, -0.25) is 14.9 Å². The molecule has 1 aliphatic carbocycles. The van der Waals surface area contributed by atoms with Crippen molar-refractivity contribution < 1.29 is 28.7 Å². The summed E-state index contributed by atoms with van der Waals surface area (Å²) in [5, 5.41) is 14.0. The van der Waals surface area contributed by atoms with Crippen molar-refractivity contribution in [3.05, 3.63) is 27.8 Å². The van der Waals surface area contributed by atoms with Gasteiger partial charge in [0.25, 0.3) is 11.6 Å². The highest BCUT2D eigenvalue weighted by Gasteiger charge is 2.30. The summed E-state index contributed by atoms with van der Waals surface area (Å²) in [7, 11) is 0. The summed E-state index contributed by atoms with van der Waals surface area (Å²) in [6.45, 7) is 1.35. The first-order valence-corrected chi connectivity index (χ1v) is 8.05. The topological polar surface area (TPSA) is 117 Å². The Morgan fingerprint density at radius 3 is 2.56 bits per heavy atom. The van der Waals surface area contributed by atoms with Crippen LogP contribution in [0.5, 0.6) is 11.5 Å². The van der Waals surface area contributed by atoms with Crippen molar-refractivity contribution in [2.24, 2.45) is 0 Å². The summed E-state index contributed by atoms with van der Waals surface area (Å²) in [4.78, 5) is 34.9. The van der Waals surface area contributed by atoms with Crippen LogP contribution in [0.4, 0.5) is 5.69 Å². The third-order valence-electron chi connectivity index (χ3n) is 4.26. The van der Waals surface area contributed by atoms with Gasteiger partial charge in [-0.1, -0.05) is 12.8 Å². The van der Waals surface area contributed by atoms with Gasteiger partial charge in [-0.2, -0.15) is 0 Å². The summed E-state index contributed by atoms with van der Waals surface area (Å²) in [5.41, 5.74) is -0.743. The molecule has 1 aromatic carbocycles. The van der Waals surface area contributed by atoms with Crippen LogP contribution in [-0.2, 0) is 9.53 Å². The average molecular weight is 350 g/mol. The highest BCUT2D eigenvalue weighted by Crippen LogP contribution is 2.38. The van der Waals surface area contributed by atoms with E-state index in [1.807, 2.05) is 0 Å². The molecule has 0 unspecified atom stereocenters. The van der Waals surface area contributed by atoms with E-state index in [4.69, 9.17) is 14.2 Å². The van der Waals surface area contributed by atoms with Crippen LogP contribution in [0.15, 0.2) is 12.1 Å². The van der Waals surface area contributed by atoms with Crippen LogP contribution in [0.25, 0.3) is 0 Å². The van der Waals surface area contributed by atoms with Crippen LogP contribution < -0.4 is 14.8 Å². The SMILES string of the molecule is C[C@H](OC(=O)c1cc2c(cc1[N+](=O)[O-])OCO2)C(=O)NC1CCCC1. The maximum absolute atomic E-state index is 12.3. The lowest BCUT2D eigenvalue weighted by atomic mass is 10.1. The molecule has 9 heteroatoms. The third kappa shape index (κ3) is 3.65. The van der Waals surface area contributed by atoms with Gasteiger partial charge in [0, 0.05) is 12.1 Å². The molecule has 134 valence electrons. The van der Waals surface area contributed by atoms with Crippen LogP contribution in [-0.4, -0.2) is 35.7 Å². The first-order chi connectivity index (χ1) is 12.0. The molecule has 1 aliphatic heterocycles. The molecule has 1 heterocycles. The quantitative estimate of drug-likeness (QED) is 0.490. The Hall–Kier alpha value is -2.84. The van der Waals surface area contributed by atoms with E-state index >= 15 is 0 Å². The first kappa shape index (κ1) is 17.0. The van der Waals surface area contributed by atoms with E-state index in [1.165, 1.54) is 13.0 Å².